The lowest BCUT2D eigenvalue weighted by Gasteiger charge is -2.14. The van der Waals surface area contributed by atoms with Crippen LogP contribution in [-0.2, 0) is 19.1 Å². The van der Waals surface area contributed by atoms with Gasteiger partial charge < -0.3 is 19.5 Å². The molecule has 0 aliphatic carbocycles. The summed E-state index contributed by atoms with van der Waals surface area (Å²) in [4.78, 5) is 23.8. The topological polar surface area (TPSA) is 76.1 Å². The maximum Gasteiger partial charge on any atom is 0.230 e. The summed E-state index contributed by atoms with van der Waals surface area (Å²) >= 11 is 0. The molecule has 17 heavy (non-hydrogen) atoms. The summed E-state index contributed by atoms with van der Waals surface area (Å²) in [5.41, 5.74) is 0. The van der Waals surface area contributed by atoms with E-state index in [2.05, 4.69) is 0 Å². The molecule has 6 nitrogen and oxygen atoms in total. The molecule has 1 aliphatic heterocycles. The monoisotopic (exact) mass is 245 g/mol. The van der Waals surface area contributed by atoms with E-state index in [1.165, 1.54) is 0 Å². The first-order valence-electron chi connectivity index (χ1n) is 5.80. The summed E-state index contributed by atoms with van der Waals surface area (Å²) in [6, 6.07) is 0. The molecule has 1 saturated heterocycles. The van der Waals surface area contributed by atoms with E-state index < -0.39 is 0 Å². The van der Waals surface area contributed by atoms with Gasteiger partial charge in [0.15, 0.2) is 5.78 Å². The average Bonchev–Trinajstić information content (AvgIpc) is 2.61. The molecule has 0 radical (unpaired) electrons. The molecular formula is C11H19NO5. The van der Waals surface area contributed by atoms with Crippen molar-refractivity contribution in [3.63, 3.8) is 0 Å². The lowest BCUT2D eigenvalue weighted by molar-refractivity contribution is -0.128. The van der Waals surface area contributed by atoms with Gasteiger partial charge in [-0.15, -0.1) is 0 Å². The molecule has 1 fully saturated rings. The third-order valence-electron chi connectivity index (χ3n) is 2.39. The van der Waals surface area contributed by atoms with E-state index in [1.807, 2.05) is 0 Å². The van der Waals surface area contributed by atoms with E-state index >= 15 is 0 Å². The number of rotatable bonds is 9. The molecule has 0 aromatic carbocycles. The first-order chi connectivity index (χ1) is 8.24. The molecule has 1 heterocycles. The van der Waals surface area contributed by atoms with Crippen LogP contribution in [0.2, 0.25) is 0 Å². The highest BCUT2D eigenvalue weighted by atomic mass is 16.5. The van der Waals surface area contributed by atoms with Gasteiger partial charge in [0.05, 0.1) is 39.4 Å². The zero-order valence-electron chi connectivity index (χ0n) is 9.89. The summed E-state index contributed by atoms with van der Waals surface area (Å²) in [6.45, 7) is 2.65. The number of carbonyl (C=O) groups excluding carboxylic acids is 2. The second kappa shape index (κ2) is 8.16. The Bertz CT molecular complexity index is 256. The molecule has 0 aromatic heterocycles. The third kappa shape index (κ3) is 5.76. The lowest BCUT2D eigenvalue weighted by Crippen LogP contribution is -2.27. The number of likely N-dealkylation sites (tertiary alicyclic amines) is 1. The molecule has 6 heteroatoms. The van der Waals surface area contributed by atoms with Crippen molar-refractivity contribution in [1.82, 2.24) is 4.90 Å². The zero-order valence-corrected chi connectivity index (χ0v) is 9.89. The number of nitrogens with zero attached hydrogens (tertiary/aromatic N) is 1. The predicted octanol–water partition coefficient (Wildman–Crippen LogP) is -0.797. The molecule has 1 amide bonds. The summed E-state index contributed by atoms with van der Waals surface area (Å²) < 4.78 is 10.3. The minimum atomic E-state index is -0.0821. The molecule has 1 rings (SSSR count). The first-order valence-corrected chi connectivity index (χ1v) is 5.80. The lowest BCUT2D eigenvalue weighted by atomic mass is 10.3. The van der Waals surface area contributed by atoms with E-state index in [1.54, 1.807) is 4.90 Å². The van der Waals surface area contributed by atoms with Crippen LogP contribution in [0.5, 0.6) is 0 Å². The Kier molecular flexibility index (Phi) is 6.76. The molecule has 0 spiro atoms. The van der Waals surface area contributed by atoms with Crippen LogP contribution in [0.4, 0.5) is 0 Å². The number of ketones is 1. The Balaban J connectivity index is 1.91. The molecule has 1 aliphatic rings. The fourth-order valence-electron chi connectivity index (χ4n) is 1.59. The molecule has 1 N–H and O–H groups in total. The normalized spacial score (nSPS) is 15.9. The second-order valence-electron chi connectivity index (χ2n) is 3.83. The van der Waals surface area contributed by atoms with Gasteiger partial charge >= 0.3 is 0 Å². The van der Waals surface area contributed by atoms with E-state index in [-0.39, 0.29) is 31.3 Å². The molecule has 0 aromatic rings. The molecule has 0 saturated carbocycles. The van der Waals surface area contributed by atoms with Crippen molar-refractivity contribution < 1.29 is 24.2 Å². The van der Waals surface area contributed by atoms with Crippen molar-refractivity contribution in [2.24, 2.45) is 0 Å². The number of carbonyl (C=O) groups is 2. The van der Waals surface area contributed by atoms with E-state index in [4.69, 9.17) is 14.6 Å². The van der Waals surface area contributed by atoms with E-state index in [0.717, 1.165) is 6.42 Å². The number of amides is 1. The Labute approximate surface area is 100 Å². The predicted molar refractivity (Wildman–Crippen MR) is 59.5 cm³/mol. The van der Waals surface area contributed by atoms with Crippen LogP contribution in [0.3, 0.4) is 0 Å². The van der Waals surface area contributed by atoms with Crippen molar-refractivity contribution >= 4 is 11.7 Å². The number of Topliss-reactive ketones (excluding diaryl/α,β-unsaturated/α-hetero) is 1. The van der Waals surface area contributed by atoms with Crippen LogP contribution in [-0.4, -0.2) is 67.8 Å². The van der Waals surface area contributed by atoms with Crippen LogP contribution in [0.15, 0.2) is 0 Å². The van der Waals surface area contributed by atoms with Gasteiger partial charge in [0.25, 0.3) is 0 Å². The standard InChI is InChI=1S/C11H19NO5/c13-3-5-17-7-6-16-4-1-2-12-9-10(14)8-11(12)15/h13H,1-9H2. The number of hydrogen-bond acceptors (Lipinski definition) is 5. The largest absolute Gasteiger partial charge is 0.394 e. The van der Waals surface area contributed by atoms with Crippen LogP contribution in [0.25, 0.3) is 0 Å². The van der Waals surface area contributed by atoms with Crippen LogP contribution >= 0.6 is 0 Å². The van der Waals surface area contributed by atoms with E-state index in [9.17, 15) is 9.59 Å². The Morgan fingerprint density at radius 2 is 1.82 bits per heavy atom. The van der Waals surface area contributed by atoms with Gasteiger partial charge in [-0.1, -0.05) is 0 Å². The van der Waals surface area contributed by atoms with Crippen molar-refractivity contribution in [1.29, 1.82) is 0 Å². The fraction of sp³-hybridized carbons (Fsp3) is 0.818. The van der Waals surface area contributed by atoms with Crippen LogP contribution in [0.1, 0.15) is 12.8 Å². The highest BCUT2D eigenvalue weighted by Crippen LogP contribution is 2.06. The molecular weight excluding hydrogens is 226 g/mol. The number of aliphatic hydroxyl groups excluding tert-OH is 1. The highest BCUT2D eigenvalue weighted by Gasteiger charge is 2.26. The first kappa shape index (κ1) is 14.1. The molecule has 98 valence electrons. The summed E-state index contributed by atoms with van der Waals surface area (Å²) in [6.07, 6.45) is 0.773. The number of ether oxygens (including phenoxy) is 2. The van der Waals surface area contributed by atoms with Crippen molar-refractivity contribution in [3.05, 3.63) is 0 Å². The van der Waals surface area contributed by atoms with Gasteiger partial charge in [0.1, 0.15) is 0 Å². The second-order valence-corrected chi connectivity index (χ2v) is 3.83. The van der Waals surface area contributed by atoms with Crippen molar-refractivity contribution in [2.75, 3.05) is 46.1 Å². The Morgan fingerprint density at radius 1 is 1.12 bits per heavy atom. The van der Waals surface area contributed by atoms with Gasteiger partial charge in [-0.2, -0.15) is 0 Å². The summed E-state index contributed by atoms with van der Waals surface area (Å²) in [5, 5.41) is 8.44. The molecule has 0 unspecified atom stereocenters. The maximum absolute atomic E-state index is 11.2. The zero-order chi connectivity index (χ0) is 12.5. The van der Waals surface area contributed by atoms with E-state index in [0.29, 0.717) is 33.0 Å². The number of aliphatic hydroxyl groups is 1. The quantitative estimate of drug-likeness (QED) is 0.425. The van der Waals surface area contributed by atoms with Crippen molar-refractivity contribution in [3.8, 4) is 0 Å². The van der Waals surface area contributed by atoms with Crippen LogP contribution in [0, 0.1) is 0 Å². The number of hydrogen-bond donors (Lipinski definition) is 1. The smallest absolute Gasteiger partial charge is 0.230 e. The Morgan fingerprint density at radius 3 is 2.41 bits per heavy atom. The third-order valence-corrected chi connectivity index (χ3v) is 2.39. The van der Waals surface area contributed by atoms with Gasteiger partial charge in [-0.3, -0.25) is 9.59 Å². The van der Waals surface area contributed by atoms with Gasteiger partial charge in [-0.25, -0.2) is 0 Å². The fourth-order valence-corrected chi connectivity index (χ4v) is 1.59. The maximum atomic E-state index is 11.2. The van der Waals surface area contributed by atoms with Gasteiger partial charge in [0, 0.05) is 13.2 Å². The molecule has 0 atom stereocenters. The SMILES string of the molecule is O=C1CC(=O)N(CCCOCCOCCO)C1. The minimum Gasteiger partial charge on any atom is -0.394 e. The minimum absolute atomic E-state index is 0.00618. The molecule has 0 bridgehead atoms. The Hall–Kier alpha value is -0.980. The van der Waals surface area contributed by atoms with Crippen LogP contribution < -0.4 is 0 Å². The van der Waals surface area contributed by atoms with Gasteiger partial charge in [-0.05, 0) is 6.42 Å². The van der Waals surface area contributed by atoms with Crippen molar-refractivity contribution in [2.45, 2.75) is 12.8 Å². The average molecular weight is 245 g/mol. The summed E-state index contributed by atoms with van der Waals surface area (Å²) in [5.74, 6) is -0.0883. The van der Waals surface area contributed by atoms with Gasteiger partial charge in [0.2, 0.25) is 5.91 Å². The highest BCUT2D eigenvalue weighted by molar-refractivity contribution is 6.05. The summed E-state index contributed by atoms with van der Waals surface area (Å²) in [7, 11) is 0.